The summed E-state index contributed by atoms with van der Waals surface area (Å²) in [5, 5.41) is 0.895. The second-order valence-corrected chi connectivity index (χ2v) is 4.79. The van der Waals surface area contributed by atoms with Gasteiger partial charge < -0.3 is 0 Å². The number of hydrogen-bond acceptors (Lipinski definition) is 1. The SMILES string of the molecule is Cc1sc(Br)c(C)c1Cl. The molecular weight excluding hydrogens is 219 g/mol. The van der Waals surface area contributed by atoms with Crippen LogP contribution in [0.4, 0.5) is 0 Å². The Morgan fingerprint density at radius 1 is 1.44 bits per heavy atom. The number of aryl methyl sites for hydroxylation is 1. The Labute approximate surface area is 72.0 Å². The minimum Gasteiger partial charge on any atom is -0.132 e. The molecule has 1 aromatic rings. The van der Waals surface area contributed by atoms with Crippen molar-refractivity contribution >= 4 is 38.9 Å². The highest BCUT2D eigenvalue weighted by Gasteiger charge is 2.05. The third kappa shape index (κ3) is 1.31. The van der Waals surface area contributed by atoms with Crippen molar-refractivity contribution in [2.75, 3.05) is 0 Å². The van der Waals surface area contributed by atoms with Gasteiger partial charge in [-0.1, -0.05) is 11.6 Å². The first-order valence-electron chi connectivity index (χ1n) is 2.54. The zero-order valence-electron chi connectivity index (χ0n) is 5.16. The zero-order chi connectivity index (χ0) is 7.02. The number of hydrogen-bond donors (Lipinski definition) is 0. The monoisotopic (exact) mass is 224 g/mol. The molecule has 0 aliphatic heterocycles. The lowest BCUT2D eigenvalue weighted by molar-refractivity contribution is 1.49. The molecule has 0 aliphatic rings. The molecule has 50 valence electrons. The van der Waals surface area contributed by atoms with E-state index in [9.17, 15) is 0 Å². The summed E-state index contributed by atoms with van der Waals surface area (Å²) in [5.74, 6) is 0. The first-order chi connectivity index (χ1) is 4.13. The third-order valence-electron chi connectivity index (χ3n) is 1.18. The van der Waals surface area contributed by atoms with Crippen LogP contribution in [0.15, 0.2) is 3.79 Å². The van der Waals surface area contributed by atoms with E-state index in [-0.39, 0.29) is 0 Å². The fourth-order valence-corrected chi connectivity index (χ4v) is 2.68. The van der Waals surface area contributed by atoms with E-state index in [4.69, 9.17) is 11.6 Å². The number of rotatable bonds is 0. The molecule has 0 bridgehead atoms. The van der Waals surface area contributed by atoms with Gasteiger partial charge in [0, 0.05) is 4.88 Å². The molecule has 0 unspecified atom stereocenters. The lowest BCUT2D eigenvalue weighted by Gasteiger charge is -1.85. The van der Waals surface area contributed by atoms with Crippen molar-refractivity contribution in [1.82, 2.24) is 0 Å². The summed E-state index contributed by atoms with van der Waals surface area (Å²) in [7, 11) is 0. The normalized spacial score (nSPS) is 10.2. The molecule has 0 nitrogen and oxygen atoms in total. The molecule has 0 radical (unpaired) electrons. The first-order valence-corrected chi connectivity index (χ1v) is 4.52. The van der Waals surface area contributed by atoms with Gasteiger partial charge in [-0.05, 0) is 35.3 Å². The van der Waals surface area contributed by atoms with Gasteiger partial charge in [0.25, 0.3) is 0 Å². The van der Waals surface area contributed by atoms with Crippen LogP contribution in [0.5, 0.6) is 0 Å². The van der Waals surface area contributed by atoms with E-state index in [1.165, 1.54) is 4.88 Å². The van der Waals surface area contributed by atoms with Crippen LogP contribution in [0.25, 0.3) is 0 Å². The molecule has 0 saturated carbocycles. The van der Waals surface area contributed by atoms with Gasteiger partial charge in [0.1, 0.15) is 0 Å². The fraction of sp³-hybridized carbons (Fsp3) is 0.333. The predicted molar refractivity (Wildman–Crippen MR) is 46.5 cm³/mol. The molecule has 0 aliphatic carbocycles. The molecule has 1 rings (SSSR count). The van der Waals surface area contributed by atoms with Gasteiger partial charge in [0.05, 0.1) is 8.81 Å². The minimum absolute atomic E-state index is 0.895. The summed E-state index contributed by atoms with van der Waals surface area (Å²) in [4.78, 5) is 1.18. The molecule has 1 aromatic heterocycles. The average molecular weight is 226 g/mol. The van der Waals surface area contributed by atoms with Gasteiger partial charge in [-0.15, -0.1) is 11.3 Å². The zero-order valence-corrected chi connectivity index (χ0v) is 8.32. The molecular formula is C6H6BrClS. The highest BCUT2D eigenvalue weighted by molar-refractivity contribution is 9.11. The highest BCUT2D eigenvalue weighted by Crippen LogP contribution is 2.34. The lowest BCUT2D eigenvalue weighted by Crippen LogP contribution is -1.64. The van der Waals surface area contributed by atoms with E-state index < -0.39 is 0 Å². The van der Waals surface area contributed by atoms with Crippen molar-refractivity contribution in [1.29, 1.82) is 0 Å². The quantitative estimate of drug-likeness (QED) is 0.630. The Balaban J connectivity index is 3.29. The Kier molecular flexibility index (Phi) is 2.19. The van der Waals surface area contributed by atoms with Crippen molar-refractivity contribution in [2.24, 2.45) is 0 Å². The molecule has 1 heterocycles. The van der Waals surface area contributed by atoms with Gasteiger partial charge >= 0.3 is 0 Å². The molecule has 0 atom stereocenters. The van der Waals surface area contributed by atoms with Gasteiger partial charge in [-0.3, -0.25) is 0 Å². The Morgan fingerprint density at radius 2 is 2.00 bits per heavy atom. The summed E-state index contributed by atoms with van der Waals surface area (Å²) in [6, 6.07) is 0. The summed E-state index contributed by atoms with van der Waals surface area (Å²) in [6.07, 6.45) is 0. The Bertz CT molecular complexity index is 207. The van der Waals surface area contributed by atoms with Crippen LogP contribution >= 0.6 is 38.9 Å². The number of thiophene rings is 1. The molecule has 9 heavy (non-hydrogen) atoms. The third-order valence-corrected chi connectivity index (χ3v) is 3.93. The van der Waals surface area contributed by atoms with E-state index in [1.807, 2.05) is 13.8 Å². The molecule has 3 heteroatoms. The highest BCUT2D eigenvalue weighted by atomic mass is 79.9. The second-order valence-electron chi connectivity index (χ2n) is 1.87. The smallest absolute Gasteiger partial charge is 0.0745 e. The van der Waals surface area contributed by atoms with E-state index in [0.29, 0.717) is 0 Å². The summed E-state index contributed by atoms with van der Waals surface area (Å²) >= 11 is 11.0. The Morgan fingerprint density at radius 3 is 2.11 bits per heavy atom. The Hall–Kier alpha value is 0.470. The molecule has 0 N–H and O–H groups in total. The second kappa shape index (κ2) is 2.60. The van der Waals surface area contributed by atoms with Gasteiger partial charge in [0.2, 0.25) is 0 Å². The molecule has 0 saturated heterocycles. The maximum Gasteiger partial charge on any atom is 0.0745 e. The topological polar surface area (TPSA) is 0 Å². The van der Waals surface area contributed by atoms with Crippen LogP contribution in [-0.4, -0.2) is 0 Å². The van der Waals surface area contributed by atoms with Crippen LogP contribution in [0, 0.1) is 13.8 Å². The predicted octanol–water partition coefficient (Wildman–Crippen LogP) is 3.78. The van der Waals surface area contributed by atoms with Crippen LogP contribution in [0.2, 0.25) is 5.02 Å². The van der Waals surface area contributed by atoms with Gasteiger partial charge in [-0.25, -0.2) is 0 Å². The standard InChI is InChI=1S/C6H6BrClS/c1-3-5(8)4(2)9-6(3)7/h1-2H3. The largest absolute Gasteiger partial charge is 0.132 e. The van der Waals surface area contributed by atoms with Crippen molar-refractivity contribution in [2.45, 2.75) is 13.8 Å². The van der Waals surface area contributed by atoms with Crippen LogP contribution in [0.3, 0.4) is 0 Å². The maximum atomic E-state index is 5.88. The molecule has 0 fully saturated rings. The molecule has 0 aromatic carbocycles. The molecule has 0 spiro atoms. The molecule has 0 amide bonds. The van der Waals surface area contributed by atoms with Crippen molar-refractivity contribution in [3.8, 4) is 0 Å². The lowest BCUT2D eigenvalue weighted by atomic mass is 10.3. The van der Waals surface area contributed by atoms with Crippen molar-refractivity contribution in [3.05, 3.63) is 19.2 Å². The van der Waals surface area contributed by atoms with Crippen molar-refractivity contribution < 1.29 is 0 Å². The van der Waals surface area contributed by atoms with E-state index in [0.717, 1.165) is 14.4 Å². The van der Waals surface area contributed by atoms with Crippen LogP contribution in [-0.2, 0) is 0 Å². The minimum atomic E-state index is 0.895. The van der Waals surface area contributed by atoms with Crippen LogP contribution < -0.4 is 0 Å². The average Bonchev–Trinajstić information content (AvgIpc) is 1.98. The number of halogens is 2. The van der Waals surface area contributed by atoms with Gasteiger partial charge in [-0.2, -0.15) is 0 Å². The van der Waals surface area contributed by atoms with Crippen LogP contribution in [0.1, 0.15) is 10.4 Å². The maximum absolute atomic E-state index is 5.88. The fourth-order valence-electron chi connectivity index (χ4n) is 0.606. The van der Waals surface area contributed by atoms with Crippen molar-refractivity contribution in [3.63, 3.8) is 0 Å². The van der Waals surface area contributed by atoms with Gasteiger partial charge in [0.15, 0.2) is 0 Å². The van der Waals surface area contributed by atoms with E-state index in [1.54, 1.807) is 11.3 Å². The summed E-state index contributed by atoms with van der Waals surface area (Å²) < 4.78 is 1.14. The van der Waals surface area contributed by atoms with E-state index >= 15 is 0 Å². The first kappa shape index (κ1) is 7.58. The summed E-state index contributed by atoms with van der Waals surface area (Å²) in [5.41, 5.74) is 1.15. The van der Waals surface area contributed by atoms with E-state index in [2.05, 4.69) is 15.9 Å². The summed E-state index contributed by atoms with van der Waals surface area (Å²) in [6.45, 7) is 4.03.